The fraction of sp³-hybridized carbons (Fsp3) is 0.889. The van der Waals surface area contributed by atoms with Crippen molar-refractivity contribution in [1.29, 1.82) is 0 Å². The SMILES string of the molecule is CCCCNC1CCC(=O)NC1. The maximum atomic E-state index is 10.8. The summed E-state index contributed by atoms with van der Waals surface area (Å²) in [5, 5.41) is 6.29. The van der Waals surface area contributed by atoms with E-state index in [-0.39, 0.29) is 5.91 Å². The van der Waals surface area contributed by atoms with E-state index in [1.54, 1.807) is 0 Å². The third-order valence-electron chi connectivity index (χ3n) is 2.23. The van der Waals surface area contributed by atoms with Crippen molar-refractivity contribution >= 4 is 5.91 Å². The number of unbranched alkanes of at least 4 members (excludes halogenated alkanes) is 1. The zero-order chi connectivity index (χ0) is 8.81. The fourth-order valence-corrected chi connectivity index (χ4v) is 1.39. The Labute approximate surface area is 73.9 Å². The minimum absolute atomic E-state index is 0.198. The zero-order valence-corrected chi connectivity index (χ0v) is 7.73. The Bertz CT molecular complexity index is 137. The van der Waals surface area contributed by atoms with E-state index in [0.29, 0.717) is 12.5 Å². The number of hydrogen-bond donors (Lipinski definition) is 2. The third kappa shape index (κ3) is 3.22. The minimum Gasteiger partial charge on any atom is -0.355 e. The summed E-state index contributed by atoms with van der Waals surface area (Å²) in [6.07, 6.45) is 4.13. The Kier molecular flexibility index (Phi) is 4.08. The standard InChI is InChI=1S/C9H18N2O/c1-2-3-6-10-8-4-5-9(12)11-7-8/h8,10H,2-7H2,1H3,(H,11,12). The Morgan fingerprint density at radius 1 is 1.67 bits per heavy atom. The second-order valence-electron chi connectivity index (χ2n) is 3.35. The summed E-state index contributed by atoms with van der Waals surface area (Å²) < 4.78 is 0. The molecule has 1 amide bonds. The Balaban J connectivity index is 2.05. The van der Waals surface area contributed by atoms with Gasteiger partial charge < -0.3 is 10.6 Å². The van der Waals surface area contributed by atoms with Crippen LogP contribution < -0.4 is 10.6 Å². The summed E-state index contributed by atoms with van der Waals surface area (Å²) in [5.41, 5.74) is 0. The van der Waals surface area contributed by atoms with Crippen molar-refractivity contribution in [2.75, 3.05) is 13.1 Å². The highest BCUT2D eigenvalue weighted by Crippen LogP contribution is 2.02. The van der Waals surface area contributed by atoms with Gasteiger partial charge in [-0.2, -0.15) is 0 Å². The van der Waals surface area contributed by atoms with Crippen LogP contribution in [0.25, 0.3) is 0 Å². The molecule has 0 aromatic rings. The molecule has 0 aliphatic carbocycles. The first-order chi connectivity index (χ1) is 5.83. The van der Waals surface area contributed by atoms with Gasteiger partial charge in [0.2, 0.25) is 5.91 Å². The molecule has 0 aromatic carbocycles. The molecule has 0 saturated carbocycles. The first-order valence-corrected chi connectivity index (χ1v) is 4.83. The molecule has 1 fully saturated rings. The van der Waals surface area contributed by atoms with Crippen LogP contribution in [-0.2, 0) is 4.79 Å². The Hall–Kier alpha value is -0.570. The van der Waals surface area contributed by atoms with Gasteiger partial charge in [0.05, 0.1) is 0 Å². The van der Waals surface area contributed by atoms with E-state index in [2.05, 4.69) is 17.6 Å². The largest absolute Gasteiger partial charge is 0.355 e. The predicted octanol–water partition coefficient (Wildman–Crippen LogP) is 0.655. The number of hydrogen-bond acceptors (Lipinski definition) is 2. The summed E-state index contributed by atoms with van der Waals surface area (Å²) in [6.45, 7) is 4.07. The van der Waals surface area contributed by atoms with Crippen LogP contribution in [0.5, 0.6) is 0 Å². The van der Waals surface area contributed by atoms with Gasteiger partial charge in [0.15, 0.2) is 0 Å². The van der Waals surface area contributed by atoms with Crippen LogP contribution >= 0.6 is 0 Å². The molecule has 1 aliphatic heterocycles. The summed E-state index contributed by atoms with van der Waals surface area (Å²) in [7, 11) is 0. The van der Waals surface area contributed by atoms with E-state index >= 15 is 0 Å². The lowest BCUT2D eigenvalue weighted by Gasteiger charge is -2.23. The summed E-state index contributed by atoms with van der Waals surface area (Å²) in [6, 6.07) is 0.509. The lowest BCUT2D eigenvalue weighted by atomic mass is 10.1. The Morgan fingerprint density at radius 2 is 2.50 bits per heavy atom. The van der Waals surface area contributed by atoms with E-state index in [1.807, 2.05) is 0 Å². The molecule has 12 heavy (non-hydrogen) atoms. The van der Waals surface area contributed by atoms with Crippen LogP contribution in [0.3, 0.4) is 0 Å². The normalized spacial score (nSPS) is 23.8. The van der Waals surface area contributed by atoms with E-state index in [4.69, 9.17) is 0 Å². The third-order valence-corrected chi connectivity index (χ3v) is 2.23. The first-order valence-electron chi connectivity index (χ1n) is 4.83. The first kappa shape index (κ1) is 9.52. The number of amides is 1. The van der Waals surface area contributed by atoms with Crippen LogP contribution in [0.2, 0.25) is 0 Å². The van der Waals surface area contributed by atoms with E-state index < -0.39 is 0 Å². The molecule has 1 aliphatic rings. The molecular weight excluding hydrogens is 152 g/mol. The lowest BCUT2D eigenvalue weighted by Crippen LogP contribution is -2.45. The highest BCUT2D eigenvalue weighted by Gasteiger charge is 2.16. The van der Waals surface area contributed by atoms with Gasteiger partial charge in [-0.15, -0.1) is 0 Å². The minimum atomic E-state index is 0.198. The van der Waals surface area contributed by atoms with Gasteiger partial charge in [0.25, 0.3) is 0 Å². The topological polar surface area (TPSA) is 41.1 Å². The molecule has 0 spiro atoms. The van der Waals surface area contributed by atoms with Gasteiger partial charge in [-0.3, -0.25) is 4.79 Å². The van der Waals surface area contributed by atoms with Gasteiger partial charge in [0, 0.05) is 19.0 Å². The average Bonchev–Trinajstić information content (AvgIpc) is 2.09. The maximum Gasteiger partial charge on any atom is 0.220 e. The van der Waals surface area contributed by atoms with Crippen LogP contribution in [0, 0.1) is 0 Å². The number of carbonyl (C=O) groups is 1. The predicted molar refractivity (Wildman–Crippen MR) is 48.9 cm³/mol. The van der Waals surface area contributed by atoms with Crippen molar-refractivity contribution in [3.8, 4) is 0 Å². The summed E-state index contributed by atoms with van der Waals surface area (Å²) in [4.78, 5) is 10.8. The number of piperidine rings is 1. The molecular formula is C9H18N2O. The number of rotatable bonds is 4. The fourth-order valence-electron chi connectivity index (χ4n) is 1.39. The molecule has 1 unspecified atom stereocenters. The van der Waals surface area contributed by atoms with Gasteiger partial charge >= 0.3 is 0 Å². The van der Waals surface area contributed by atoms with Gasteiger partial charge in [0.1, 0.15) is 0 Å². The molecule has 1 heterocycles. The van der Waals surface area contributed by atoms with Crippen LogP contribution in [0.1, 0.15) is 32.6 Å². The van der Waals surface area contributed by atoms with Crippen molar-refractivity contribution in [2.45, 2.75) is 38.6 Å². The second kappa shape index (κ2) is 5.14. The van der Waals surface area contributed by atoms with Gasteiger partial charge in [-0.1, -0.05) is 13.3 Å². The Morgan fingerprint density at radius 3 is 3.08 bits per heavy atom. The smallest absolute Gasteiger partial charge is 0.220 e. The van der Waals surface area contributed by atoms with Crippen molar-refractivity contribution in [3.05, 3.63) is 0 Å². The van der Waals surface area contributed by atoms with Gasteiger partial charge in [-0.25, -0.2) is 0 Å². The average molecular weight is 170 g/mol. The maximum absolute atomic E-state index is 10.8. The number of nitrogens with one attached hydrogen (secondary N) is 2. The second-order valence-corrected chi connectivity index (χ2v) is 3.35. The molecule has 3 nitrogen and oxygen atoms in total. The quantitative estimate of drug-likeness (QED) is 0.608. The lowest BCUT2D eigenvalue weighted by molar-refractivity contribution is -0.122. The molecule has 1 saturated heterocycles. The molecule has 2 N–H and O–H groups in total. The van der Waals surface area contributed by atoms with Crippen LogP contribution in [-0.4, -0.2) is 25.0 Å². The zero-order valence-electron chi connectivity index (χ0n) is 7.73. The van der Waals surface area contributed by atoms with Crippen molar-refractivity contribution in [3.63, 3.8) is 0 Å². The molecule has 0 bridgehead atoms. The molecule has 70 valence electrons. The monoisotopic (exact) mass is 170 g/mol. The van der Waals surface area contributed by atoms with Crippen molar-refractivity contribution in [1.82, 2.24) is 10.6 Å². The molecule has 3 heteroatoms. The van der Waals surface area contributed by atoms with Crippen LogP contribution in [0.4, 0.5) is 0 Å². The molecule has 1 rings (SSSR count). The van der Waals surface area contributed by atoms with E-state index in [1.165, 1.54) is 12.8 Å². The van der Waals surface area contributed by atoms with Gasteiger partial charge in [-0.05, 0) is 19.4 Å². The molecule has 0 radical (unpaired) electrons. The highest BCUT2D eigenvalue weighted by molar-refractivity contribution is 5.76. The summed E-state index contributed by atoms with van der Waals surface area (Å²) >= 11 is 0. The van der Waals surface area contributed by atoms with Crippen LogP contribution in [0.15, 0.2) is 0 Å². The van der Waals surface area contributed by atoms with E-state index in [9.17, 15) is 4.79 Å². The van der Waals surface area contributed by atoms with Crippen molar-refractivity contribution < 1.29 is 4.79 Å². The molecule has 0 aromatic heterocycles. The molecule has 1 atom stereocenters. The number of carbonyl (C=O) groups excluding carboxylic acids is 1. The summed E-state index contributed by atoms with van der Waals surface area (Å²) in [5.74, 6) is 0.198. The van der Waals surface area contributed by atoms with E-state index in [0.717, 1.165) is 19.5 Å². The van der Waals surface area contributed by atoms with Crippen molar-refractivity contribution in [2.24, 2.45) is 0 Å². The highest BCUT2D eigenvalue weighted by atomic mass is 16.1.